The lowest BCUT2D eigenvalue weighted by molar-refractivity contribution is 0.111. The maximum absolute atomic E-state index is 11.7. The first kappa shape index (κ1) is 21.7. The van der Waals surface area contributed by atoms with Gasteiger partial charge < -0.3 is 4.74 Å². The van der Waals surface area contributed by atoms with E-state index in [0.29, 0.717) is 35.8 Å². The Bertz CT molecular complexity index is 1070. The first-order chi connectivity index (χ1) is 14.4. The third-order valence-corrected chi connectivity index (χ3v) is 5.50. The zero-order valence-corrected chi connectivity index (χ0v) is 18.4. The Labute approximate surface area is 181 Å². The quantitative estimate of drug-likeness (QED) is 0.388. The molecule has 0 N–H and O–H groups in total. The third kappa shape index (κ3) is 4.94. The van der Waals surface area contributed by atoms with Crippen LogP contribution in [0.25, 0.3) is 11.3 Å². The van der Waals surface area contributed by atoms with Crippen LogP contribution in [0.4, 0.5) is 0 Å². The molecule has 156 valence electrons. The van der Waals surface area contributed by atoms with Gasteiger partial charge in [-0.15, -0.1) is 0 Å². The Balaban J connectivity index is 1.80. The Morgan fingerprint density at radius 2 is 2.13 bits per heavy atom. The highest BCUT2D eigenvalue weighted by Crippen LogP contribution is 2.35. The van der Waals surface area contributed by atoms with E-state index in [1.807, 2.05) is 51.5 Å². The lowest BCUT2D eigenvalue weighted by atomic mass is 9.98. The number of nitrogens with zero attached hydrogens (tertiary/aromatic N) is 4. The van der Waals surface area contributed by atoms with Crippen molar-refractivity contribution in [1.29, 1.82) is 0 Å². The molecule has 7 heteroatoms. The summed E-state index contributed by atoms with van der Waals surface area (Å²) in [6.45, 7) is 4.30. The monoisotopic (exact) mass is 424 g/mol. The summed E-state index contributed by atoms with van der Waals surface area (Å²) in [4.78, 5) is 20.3. The van der Waals surface area contributed by atoms with Crippen molar-refractivity contribution < 1.29 is 9.53 Å². The molecule has 0 aliphatic heterocycles. The van der Waals surface area contributed by atoms with Crippen molar-refractivity contribution in [2.75, 3.05) is 13.7 Å². The summed E-state index contributed by atoms with van der Waals surface area (Å²) in [5.41, 5.74) is 6.16. The maximum Gasteiger partial charge on any atom is 0.153 e. The second-order valence-corrected chi connectivity index (χ2v) is 7.58. The number of halogens is 1. The minimum absolute atomic E-state index is 0.419. The predicted octanol–water partition coefficient (Wildman–Crippen LogP) is 4.71. The van der Waals surface area contributed by atoms with Crippen LogP contribution in [0.3, 0.4) is 0 Å². The van der Waals surface area contributed by atoms with Crippen LogP contribution in [0.5, 0.6) is 5.75 Å². The molecular weight excluding hydrogens is 400 g/mol. The van der Waals surface area contributed by atoms with Gasteiger partial charge in [0, 0.05) is 44.2 Å². The van der Waals surface area contributed by atoms with Crippen molar-refractivity contribution in [3.8, 4) is 17.0 Å². The molecule has 30 heavy (non-hydrogen) atoms. The van der Waals surface area contributed by atoms with E-state index in [4.69, 9.17) is 16.3 Å². The molecule has 3 aromatic rings. The molecular formula is C23H25ClN4O2. The number of rotatable bonds is 8. The summed E-state index contributed by atoms with van der Waals surface area (Å²) >= 11 is 6.57. The highest BCUT2D eigenvalue weighted by molar-refractivity contribution is 6.33. The van der Waals surface area contributed by atoms with E-state index in [2.05, 4.69) is 15.1 Å². The largest absolute Gasteiger partial charge is 0.491 e. The predicted molar refractivity (Wildman–Crippen MR) is 120 cm³/mol. The van der Waals surface area contributed by atoms with Gasteiger partial charge in [-0.05, 0) is 49.1 Å². The topological polar surface area (TPSA) is 69.4 Å². The number of aliphatic imine (C=N–C) groups is 1. The van der Waals surface area contributed by atoms with Crippen molar-refractivity contribution in [1.82, 2.24) is 14.8 Å². The zero-order chi connectivity index (χ0) is 21.7. The summed E-state index contributed by atoms with van der Waals surface area (Å²) in [6.07, 6.45) is 7.64. The molecule has 0 bridgehead atoms. The van der Waals surface area contributed by atoms with Gasteiger partial charge in [0.25, 0.3) is 0 Å². The van der Waals surface area contributed by atoms with E-state index in [9.17, 15) is 4.79 Å². The molecule has 2 aromatic heterocycles. The fraction of sp³-hybridized carbons (Fsp3) is 0.304. The number of aldehydes is 1. The normalized spacial score (nSPS) is 11.6. The number of pyridine rings is 1. The molecule has 0 atom stereocenters. The van der Waals surface area contributed by atoms with Gasteiger partial charge in [-0.2, -0.15) is 5.10 Å². The average Bonchev–Trinajstić information content (AvgIpc) is 3.19. The Morgan fingerprint density at radius 3 is 2.73 bits per heavy atom. The molecule has 0 amide bonds. The standard InChI is InChI=1S/C23H25ClN4O2/c1-15(25-3)7-8-30-23-19(14-29)10-18(16(2)22(23)24)9-17-5-6-21(26-11-17)20-12-27-28(4)13-20/h5-6,10-14H,7-9H2,1-4H3. The number of benzene rings is 1. The van der Waals surface area contributed by atoms with Gasteiger partial charge >= 0.3 is 0 Å². The number of aromatic nitrogens is 3. The van der Waals surface area contributed by atoms with Crippen LogP contribution in [0, 0.1) is 6.92 Å². The van der Waals surface area contributed by atoms with Gasteiger partial charge in [0.1, 0.15) is 5.75 Å². The van der Waals surface area contributed by atoms with E-state index in [1.165, 1.54) is 0 Å². The summed E-state index contributed by atoms with van der Waals surface area (Å²) in [5, 5.41) is 4.65. The molecule has 0 saturated heterocycles. The second-order valence-electron chi connectivity index (χ2n) is 7.20. The molecule has 0 aliphatic rings. The fourth-order valence-electron chi connectivity index (χ4n) is 3.10. The van der Waals surface area contributed by atoms with Gasteiger partial charge in [-0.25, -0.2) is 0 Å². The lowest BCUT2D eigenvalue weighted by Gasteiger charge is -2.16. The van der Waals surface area contributed by atoms with Crippen LogP contribution in [0.1, 0.15) is 40.4 Å². The van der Waals surface area contributed by atoms with E-state index in [-0.39, 0.29) is 0 Å². The van der Waals surface area contributed by atoms with Crippen molar-refractivity contribution in [3.05, 3.63) is 64.1 Å². The number of hydrogen-bond acceptors (Lipinski definition) is 5. The van der Waals surface area contributed by atoms with Crippen LogP contribution >= 0.6 is 11.6 Å². The third-order valence-electron chi connectivity index (χ3n) is 5.04. The number of carbonyl (C=O) groups is 1. The highest BCUT2D eigenvalue weighted by Gasteiger charge is 2.16. The highest BCUT2D eigenvalue weighted by atomic mass is 35.5. The molecule has 0 radical (unpaired) electrons. The van der Waals surface area contributed by atoms with E-state index in [1.54, 1.807) is 17.9 Å². The van der Waals surface area contributed by atoms with E-state index >= 15 is 0 Å². The molecule has 2 heterocycles. The minimum atomic E-state index is 0.419. The second kappa shape index (κ2) is 9.67. The van der Waals surface area contributed by atoms with Crippen LogP contribution in [0.15, 0.2) is 41.8 Å². The summed E-state index contributed by atoms with van der Waals surface area (Å²) < 4.78 is 7.57. The van der Waals surface area contributed by atoms with Crippen LogP contribution in [-0.2, 0) is 13.5 Å². The fourth-order valence-corrected chi connectivity index (χ4v) is 3.39. The van der Waals surface area contributed by atoms with Crippen LogP contribution in [-0.4, -0.2) is 40.4 Å². The van der Waals surface area contributed by atoms with E-state index < -0.39 is 0 Å². The SMILES string of the molecule is CN=C(C)CCOc1c(C=O)cc(Cc2ccc(-c3cnn(C)c3)nc2)c(C)c1Cl. The van der Waals surface area contributed by atoms with Gasteiger partial charge in [0.15, 0.2) is 6.29 Å². The molecule has 0 fully saturated rings. The molecule has 0 spiro atoms. The van der Waals surface area contributed by atoms with Crippen LogP contribution in [0.2, 0.25) is 5.02 Å². The van der Waals surface area contributed by atoms with Gasteiger partial charge in [0.05, 0.1) is 29.1 Å². The Hall–Kier alpha value is -2.99. The van der Waals surface area contributed by atoms with Gasteiger partial charge in [-0.3, -0.25) is 19.5 Å². The van der Waals surface area contributed by atoms with Crippen molar-refractivity contribution in [2.24, 2.45) is 12.0 Å². The minimum Gasteiger partial charge on any atom is -0.491 e. The Morgan fingerprint density at radius 1 is 1.33 bits per heavy atom. The lowest BCUT2D eigenvalue weighted by Crippen LogP contribution is -2.07. The summed E-state index contributed by atoms with van der Waals surface area (Å²) in [7, 11) is 3.62. The first-order valence-electron chi connectivity index (χ1n) is 9.69. The smallest absolute Gasteiger partial charge is 0.153 e. The number of aryl methyl sites for hydroxylation is 1. The number of ether oxygens (including phenoxy) is 1. The van der Waals surface area contributed by atoms with Crippen molar-refractivity contribution in [3.63, 3.8) is 0 Å². The average molecular weight is 425 g/mol. The van der Waals surface area contributed by atoms with Crippen molar-refractivity contribution in [2.45, 2.75) is 26.7 Å². The Kier molecular flexibility index (Phi) is 7.00. The maximum atomic E-state index is 11.7. The van der Waals surface area contributed by atoms with Gasteiger partial charge in [0.2, 0.25) is 0 Å². The summed E-state index contributed by atoms with van der Waals surface area (Å²) in [6, 6.07) is 5.85. The van der Waals surface area contributed by atoms with Gasteiger partial charge in [-0.1, -0.05) is 17.7 Å². The molecule has 0 aliphatic carbocycles. The number of carbonyl (C=O) groups excluding carboxylic acids is 1. The zero-order valence-electron chi connectivity index (χ0n) is 17.6. The van der Waals surface area contributed by atoms with E-state index in [0.717, 1.165) is 39.9 Å². The van der Waals surface area contributed by atoms with Crippen LogP contribution < -0.4 is 4.74 Å². The molecule has 0 unspecified atom stereocenters. The molecule has 1 aromatic carbocycles. The first-order valence-corrected chi connectivity index (χ1v) is 10.1. The molecule has 0 saturated carbocycles. The van der Waals surface area contributed by atoms with Crippen molar-refractivity contribution >= 4 is 23.6 Å². The molecule has 3 rings (SSSR count). The summed E-state index contributed by atoms with van der Waals surface area (Å²) in [5.74, 6) is 0.432. The number of hydrogen-bond donors (Lipinski definition) is 0. The molecule has 6 nitrogen and oxygen atoms in total.